The number of halogens is 1. The van der Waals surface area contributed by atoms with Gasteiger partial charge in [0.2, 0.25) is 5.91 Å². The number of esters is 1. The lowest BCUT2D eigenvalue weighted by molar-refractivity contribution is -0.139. The molecule has 1 aliphatic carbocycles. The zero-order chi connectivity index (χ0) is 32.1. The monoisotopic (exact) mass is 635 g/mol. The van der Waals surface area contributed by atoms with Gasteiger partial charge in [0.05, 0.1) is 51.7 Å². The van der Waals surface area contributed by atoms with Gasteiger partial charge in [0.1, 0.15) is 5.82 Å². The molecular formula is C34H42ClN5O5. The van der Waals surface area contributed by atoms with E-state index in [1.54, 1.807) is 24.4 Å². The maximum absolute atomic E-state index is 13.8. The van der Waals surface area contributed by atoms with Gasteiger partial charge in [-0.3, -0.25) is 14.5 Å². The Morgan fingerprint density at radius 1 is 1.07 bits per heavy atom. The van der Waals surface area contributed by atoms with Crippen molar-refractivity contribution in [2.45, 2.75) is 64.1 Å². The molecule has 0 bridgehead atoms. The number of amides is 1. The van der Waals surface area contributed by atoms with Crippen molar-refractivity contribution in [3.63, 3.8) is 0 Å². The lowest BCUT2D eigenvalue weighted by Gasteiger charge is -2.37. The van der Waals surface area contributed by atoms with Crippen molar-refractivity contribution in [2.75, 3.05) is 44.2 Å². The number of fused-ring (bicyclic) bond motifs is 1. The third-order valence-corrected chi connectivity index (χ3v) is 8.79. The molecule has 10 nitrogen and oxygen atoms in total. The first kappa shape index (κ1) is 32.5. The number of anilines is 2. The fourth-order valence-electron chi connectivity index (χ4n) is 6.26. The molecule has 1 fully saturated rings. The molecule has 2 heterocycles. The van der Waals surface area contributed by atoms with Crippen LogP contribution in [0.4, 0.5) is 11.6 Å². The van der Waals surface area contributed by atoms with E-state index in [4.69, 9.17) is 35.8 Å². The average molecular weight is 636 g/mol. The van der Waals surface area contributed by atoms with Crippen molar-refractivity contribution in [1.82, 2.24) is 15.3 Å². The highest BCUT2D eigenvalue weighted by Gasteiger charge is 2.37. The van der Waals surface area contributed by atoms with Gasteiger partial charge in [0.25, 0.3) is 0 Å². The summed E-state index contributed by atoms with van der Waals surface area (Å²) in [6.45, 7) is 5.03. The van der Waals surface area contributed by atoms with E-state index in [2.05, 4.69) is 10.2 Å². The molecular weight excluding hydrogens is 594 g/mol. The maximum atomic E-state index is 13.8. The second kappa shape index (κ2) is 14.5. The molecule has 5 rings (SSSR count). The molecule has 0 saturated heterocycles. The van der Waals surface area contributed by atoms with Crippen LogP contribution in [0.2, 0.25) is 5.02 Å². The number of hydrogen-bond acceptors (Lipinski definition) is 9. The van der Waals surface area contributed by atoms with E-state index in [-0.39, 0.29) is 30.9 Å². The Bertz CT molecular complexity index is 1480. The van der Waals surface area contributed by atoms with Crippen LogP contribution in [0.5, 0.6) is 11.5 Å². The summed E-state index contributed by atoms with van der Waals surface area (Å²) in [6.07, 6.45) is 7.71. The summed E-state index contributed by atoms with van der Waals surface area (Å²) >= 11 is 6.25. The van der Waals surface area contributed by atoms with Crippen LogP contribution in [0.1, 0.15) is 62.3 Å². The van der Waals surface area contributed by atoms with Crippen molar-refractivity contribution in [3.8, 4) is 11.5 Å². The van der Waals surface area contributed by atoms with Crippen LogP contribution >= 0.6 is 11.6 Å². The van der Waals surface area contributed by atoms with E-state index < -0.39 is 6.04 Å². The minimum absolute atomic E-state index is 0.0547. The molecule has 0 radical (unpaired) electrons. The van der Waals surface area contributed by atoms with E-state index >= 15 is 0 Å². The molecule has 45 heavy (non-hydrogen) atoms. The molecule has 1 unspecified atom stereocenters. The van der Waals surface area contributed by atoms with Crippen molar-refractivity contribution in [2.24, 2.45) is 5.92 Å². The number of carbonyl (C=O) groups is 2. The smallest absolute Gasteiger partial charge is 0.319 e. The minimum atomic E-state index is -0.459. The van der Waals surface area contributed by atoms with Crippen LogP contribution in [0.25, 0.3) is 0 Å². The van der Waals surface area contributed by atoms with Gasteiger partial charge in [-0.15, -0.1) is 0 Å². The fourth-order valence-corrected chi connectivity index (χ4v) is 6.39. The van der Waals surface area contributed by atoms with Gasteiger partial charge in [-0.05, 0) is 86.4 Å². The van der Waals surface area contributed by atoms with Crippen molar-refractivity contribution in [1.29, 1.82) is 0 Å². The van der Waals surface area contributed by atoms with Crippen LogP contribution in [-0.2, 0) is 20.7 Å². The third-order valence-electron chi connectivity index (χ3n) is 8.54. The molecule has 2 aliphatic rings. The Labute approximate surface area is 270 Å². The van der Waals surface area contributed by atoms with Gasteiger partial charge in [0, 0.05) is 24.7 Å². The lowest BCUT2D eigenvalue weighted by atomic mass is 9.85. The first-order valence-corrected chi connectivity index (χ1v) is 15.8. The van der Waals surface area contributed by atoms with Gasteiger partial charge < -0.3 is 24.4 Å². The summed E-state index contributed by atoms with van der Waals surface area (Å²) in [6, 6.07) is 11.3. The SMILES string of the molecule is COC(=O)CN[C@H]1CC[C@H](CN(C)c2cnc(N3C(=O)Cc4cc(OC)c(OC(C)C)cc4C3c3ccc(Cl)cc3)cn2)CC1. The van der Waals surface area contributed by atoms with E-state index in [1.165, 1.54) is 7.11 Å². The Morgan fingerprint density at radius 3 is 2.42 bits per heavy atom. The highest BCUT2D eigenvalue weighted by molar-refractivity contribution is 6.30. The van der Waals surface area contributed by atoms with Crippen LogP contribution in [0.15, 0.2) is 48.8 Å². The lowest BCUT2D eigenvalue weighted by Crippen LogP contribution is -2.41. The summed E-state index contributed by atoms with van der Waals surface area (Å²) in [5, 5.41) is 3.91. The highest BCUT2D eigenvalue weighted by Crippen LogP contribution is 2.43. The second-order valence-corrected chi connectivity index (χ2v) is 12.5. The fraction of sp³-hybridized carbons (Fsp3) is 0.471. The summed E-state index contributed by atoms with van der Waals surface area (Å²) in [5.74, 6) is 2.62. The van der Waals surface area contributed by atoms with E-state index in [0.29, 0.717) is 34.3 Å². The van der Waals surface area contributed by atoms with Crippen LogP contribution in [0.3, 0.4) is 0 Å². The predicted molar refractivity (Wildman–Crippen MR) is 174 cm³/mol. The zero-order valence-electron chi connectivity index (χ0n) is 26.6. The normalized spacial score (nSPS) is 19.7. The number of nitrogens with one attached hydrogen (secondary N) is 1. The van der Waals surface area contributed by atoms with Crippen LogP contribution in [0, 0.1) is 5.92 Å². The molecule has 2 aromatic carbocycles. The van der Waals surface area contributed by atoms with Gasteiger partial charge in [-0.1, -0.05) is 23.7 Å². The van der Waals surface area contributed by atoms with E-state index in [9.17, 15) is 9.59 Å². The summed E-state index contributed by atoms with van der Waals surface area (Å²) in [4.78, 5) is 38.6. The molecule has 11 heteroatoms. The number of nitrogens with zero attached hydrogens (tertiary/aromatic N) is 4. The second-order valence-electron chi connectivity index (χ2n) is 12.1. The Kier molecular flexibility index (Phi) is 10.5. The largest absolute Gasteiger partial charge is 0.493 e. The summed E-state index contributed by atoms with van der Waals surface area (Å²) in [5.41, 5.74) is 2.71. The molecule has 1 amide bonds. The molecule has 1 saturated carbocycles. The zero-order valence-corrected chi connectivity index (χ0v) is 27.3. The van der Waals surface area contributed by atoms with E-state index in [1.807, 2.05) is 57.3 Å². The Hall–Kier alpha value is -3.89. The molecule has 3 aromatic rings. The molecule has 1 atom stereocenters. The highest BCUT2D eigenvalue weighted by atomic mass is 35.5. The van der Waals surface area contributed by atoms with Crippen molar-refractivity contribution < 1.29 is 23.8 Å². The molecule has 0 spiro atoms. The van der Waals surface area contributed by atoms with E-state index in [0.717, 1.165) is 54.7 Å². The first-order chi connectivity index (χ1) is 21.7. The maximum Gasteiger partial charge on any atom is 0.319 e. The third kappa shape index (κ3) is 7.68. The first-order valence-electron chi connectivity index (χ1n) is 15.4. The quantitative estimate of drug-likeness (QED) is 0.279. The van der Waals surface area contributed by atoms with Crippen molar-refractivity contribution in [3.05, 3.63) is 70.5 Å². The molecule has 240 valence electrons. The van der Waals surface area contributed by atoms with Crippen molar-refractivity contribution >= 4 is 35.1 Å². The number of benzene rings is 2. The number of hydrogen-bond donors (Lipinski definition) is 1. The molecule has 1 aromatic heterocycles. The number of ether oxygens (including phenoxy) is 3. The van der Waals surface area contributed by atoms with Crippen LogP contribution in [-0.4, -0.2) is 68.3 Å². The standard InChI is InChI=1S/C34H42ClN5O5/c1-21(2)45-29-16-27-24(14-28(29)43-4)15-32(41)40(34(27)23-8-10-25(35)11-9-23)31-18-37-30(17-38-31)39(3)20-22-6-12-26(13-7-22)36-19-33(42)44-5/h8-11,14,16-18,21-22,26,34,36H,6-7,12-13,15,19-20H2,1-5H3/t22-,26-,34?. The molecule has 1 N–H and O–H groups in total. The number of aromatic nitrogens is 2. The Morgan fingerprint density at radius 2 is 1.80 bits per heavy atom. The minimum Gasteiger partial charge on any atom is -0.493 e. The van der Waals surface area contributed by atoms with Gasteiger partial charge >= 0.3 is 5.97 Å². The molecule has 1 aliphatic heterocycles. The average Bonchev–Trinajstić information content (AvgIpc) is 3.04. The Balaban J connectivity index is 1.36. The van der Waals surface area contributed by atoms with Crippen LogP contribution < -0.4 is 24.6 Å². The number of methoxy groups -OCH3 is 2. The summed E-state index contributed by atoms with van der Waals surface area (Å²) < 4.78 is 16.5. The summed E-state index contributed by atoms with van der Waals surface area (Å²) in [7, 11) is 5.03. The predicted octanol–water partition coefficient (Wildman–Crippen LogP) is 5.36. The number of rotatable bonds is 11. The van der Waals surface area contributed by atoms with Gasteiger partial charge in [-0.25, -0.2) is 9.97 Å². The van der Waals surface area contributed by atoms with Gasteiger partial charge in [0.15, 0.2) is 17.3 Å². The van der Waals surface area contributed by atoms with Gasteiger partial charge in [-0.2, -0.15) is 0 Å². The topological polar surface area (TPSA) is 106 Å². The number of carbonyl (C=O) groups excluding carboxylic acids is 2.